The number of nitrogens with two attached hydrogens (primary N) is 1. The molecule has 0 radical (unpaired) electrons. The summed E-state index contributed by atoms with van der Waals surface area (Å²) in [7, 11) is 0. The van der Waals surface area contributed by atoms with Gasteiger partial charge in [0.15, 0.2) is 5.78 Å². The largest absolute Gasteiger partial charge is 0.360 e. The second-order valence-corrected chi connectivity index (χ2v) is 8.00. The van der Waals surface area contributed by atoms with E-state index in [0.717, 1.165) is 44.3 Å². The van der Waals surface area contributed by atoms with Crippen LogP contribution in [0, 0.1) is 11.3 Å². The monoisotopic (exact) mass is 331 g/mol. The predicted octanol–water partition coefficient (Wildman–Crippen LogP) is 2.15. The van der Waals surface area contributed by atoms with Crippen LogP contribution in [-0.4, -0.2) is 29.4 Å². The fourth-order valence-electron chi connectivity index (χ4n) is 4.51. The number of hydrogen-bond donors (Lipinski definition) is 2. The first-order chi connectivity index (χ1) is 11.6. The number of rotatable bonds is 7. The van der Waals surface area contributed by atoms with Gasteiger partial charge in [-0.3, -0.25) is 9.59 Å². The van der Waals surface area contributed by atoms with E-state index >= 15 is 0 Å². The van der Waals surface area contributed by atoms with Crippen molar-refractivity contribution in [2.75, 3.05) is 6.54 Å². The standard InChI is InChI=1S/C18H25N3O3/c19-4-3-17(23)20-13-9-18(10-13)7-11(8-18)5-15(22)14-6-16(24-21-14)12-1-2-12/h6,11-13H,1-5,7-10,19H2,(H,20,23). The van der Waals surface area contributed by atoms with Crippen molar-refractivity contribution in [2.45, 2.75) is 63.3 Å². The summed E-state index contributed by atoms with van der Waals surface area (Å²) in [4.78, 5) is 23.8. The highest BCUT2D eigenvalue weighted by atomic mass is 16.5. The molecule has 3 aliphatic rings. The maximum absolute atomic E-state index is 12.3. The summed E-state index contributed by atoms with van der Waals surface area (Å²) in [6.45, 7) is 0.401. The van der Waals surface area contributed by atoms with Crippen LogP contribution in [0.2, 0.25) is 0 Å². The number of nitrogens with zero attached hydrogens (tertiary/aromatic N) is 1. The van der Waals surface area contributed by atoms with Crippen molar-refractivity contribution in [3.8, 4) is 0 Å². The average Bonchev–Trinajstić information content (AvgIpc) is 3.20. The number of ketones is 1. The molecule has 4 rings (SSSR count). The fraction of sp³-hybridized carbons (Fsp3) is 0.722. The highest BCUT2D eigenvalue weighted by molar-refractivity contribution is 5.94. The molecule has 0 bridgehead atoms. The molecule has 3 saturated carbocycles. The molecule has 130 valence electrons. The van der Waals surface area contributed by atoms with E-state index in [1.165, 1.54) is 0 Å². The summed E-state index contributed by atoms with van der Waals surface area (Å²) in [5.74, 6) is 1.99. The Morgan fingerprint density at radius 2 is 2.04 bits per heavy atom. The zero-order valence-electron chi connectivity index (χ0n) is 13.9. The molecule has 0 unspecified atom stereocenters. The lowest BCUT2D eigenvalue weighted by molar-refractivity contribution is -0.125. The molecular weight excluding hydrogens is 306 g/mol. The number of aromatic nitrogens is 1. The maximum atomic E-state index is 12.3. The fourth-order valence-corrected chi connectivity index (χ4v) is 4.51. The van der Waals surface area contributed by atoms with Crippen molar-refractivity contribution in [3.05, 3.63) is 17.5 Å². The molecule has 0 aliphatic heterocycles. The summed E-state index contributed by atoms with van der Waals surface area (Å²) in [5.41, 5.74) is 6.25. The highest BCUT2D eigenvalue weighted by Gasteiger charge is 2.53. The first kappa shape index (κ1) is 15.8. The third kappa shape index (κ3) is 3.11. The van der Waals surface area contributed by atoms with Crippen molar-refractivity contribution in [2.24, 2.45) is 17.1 Å². The molecule has 6 nitrogen and oxygen atoms in total. The van der Waals surface area contributed by atoms with E-state index in [0.29, 0.717) is 48.4 Å². The minimum absolute atomic E-state index is 0.0564. The van der Waals surface area contributed by atoms with Gasteiger partial charge in [-0.05, 0) is 49.9 Å². The van der Waals surface area contributed by atoms with E-state index in [2.05, 4.69) is 10.5 Å². The Bertz CT molecular complexity index is 636. The Labute approximate surface area is 141 Å². The third-order valence-electron chi connectivity index (χ3n) is 5.81. The van der Waals surface area contributed by atoms with Gasteiger partial charge >= 0.3 is 0 Å². The van der Waals surface area contributed by atoms with Crippen molar-refractivity contribution in [1.29, 1.82) is 0 Å². The Hall–Kier alpha value is -1.69. The van der Waals surface area contributed by atoms with Gasteiger partial charge in [0.2, 0.25) is 5.91 Å². The predicted molar refractivity (Wildman–Crippen MR) is 87.4 cm³/mol. The Morgan fingerprint density at radius 1 is 1.29 bits per heavy atom. The normalized spacial score (nSPS) is 31.4. The second-order valence-electron chi connectivity index (χ2n) is 8.00. The first-order valence-electron chi connectivity index (χ1n) is 9.06. The summed E-state index contributed by atoms with van der Waals surface area (Å²) in [5, 5.41) is 6.97. The van der Waals surface area contributed by atoms with Gasteiger partial charge in [-0.25, -0.2) is 0 Å². The zero-order valence-corrected chi connectivity index (χ0v) is 13.9. The van der Waals surface area contributed by atoms with Crippen LogP contribution in [-0.2, 0) is 4.79 Å². The number of nitrogens with one attached hydrogen (secondary N) is 1. The van der Waals surface area contributed by atoms with E-state index in [4.69, 9.17) is 10.3 Å². The van der Waals surface area contributed by atoms with E-state index in [1.807, 2.05) is 6.07 Å². The van der Waals surface area contributed by atoms with Gasteiger partial charge in [-0.2, -0.15) is 0 Å². The van der Waals surface area contributed by atoms with Gasteiger partial charge in [-0.1, -0.05) is 5.16 Å². The molecular formula is C18H25N3O3. The smallest absolute Gasteiger partial charge is 0.221 e. The van der Waals surface area contributed by atoms with Gasteiger partial charge in [0.1, 0.15) is 11.5 Å². The molecule has 3 N–H and O–H groups in total. The summed E-state index contributed by atoms with van der Waals surface area (Å²) < 4.78 is 5.27. The van der Waals surface area contributed by atoms with E-state index in [-0.39, 0.29) is 11.7 Å². The molecule has 0 saturated heterocycles. The molecule has 1 amide bonds. The molecule has 6 heteroatoms. The van der Waals surface area contributed by atoms with Crippen LogP contribution >= 0.6 is 0 Å². The maximum Gasteiger partial charge on any atom is 0.221 e. The Morgan fingerprint density at radius 3 is 2.71 bits per heavy atom. The number of hydrogen-bond acceptors (Lipinski definition) is 5. The lowest BCUT2D eigenvalue weighted by Gasteiger charge is -2.58. The van der Waals surface area contributed by atoms with E-state index in [9.17, 15) is 9.59 Å². The van der Waals surface area contributed by atoms with E-state index < -0.39 is 0 Å². The van der Waals surface area contributed by atoms with Crippen LogP contribution in [0.4, 0.5) is 0 Å². The number of carbonyl (C=O) groups excluding carboxylic acids is 2. The lowest BCUT2D eigenvalue weighted by Crippen LogP contribution is -2.56. The highest BCUT2D eigenvalue weighted by Crippen LogP contribution is 2.59. The van der Waals surface area contributed by atoms with Gasteiger partial charge < -0.3 is 15.6 Å². The van der Waals surface area contributed by atoms with Crippen LogP contribution in [0.15, 0.2) is 10.6 Å². The first-order valence-corrected chi connectivity index (χ1v) is 9.06. The van der Waals surface area contributed by atoms with Gasteiger partial charge in [0.05, 0.1) is 0 Å². The molecule has 1 aromatic heterocycles. The summed E-state index contributed by atoms with van der Waals surface area (Å²) >= 11 is 0. The summed E-state index contributed by atoms with van der Waals surface area (Å²) in [6, 6.07) is 2.14. The number of carbonyl (C=O) groups is 2. The topological polar surface area (TPSA) is 98.2 Å². The number of Topliss-reactive ketones (excluding diaryl/α,β-unsaturated/α-hetero) is 1. The third-order valence-corrected chi connectivity index (χ3v) is 5.81. The molecule has 3 aliphatic carbocycles. The average molecular weight is 331 g/mol. The molecule has 1 aromatic rings. The van der Waals surface area contributed by atoms with Crippen LogP contribution < -0.4 is 11.1 Å². The van der Waals surface area contributed by atoms with Crippen LogP contribution in [0.25, 0.3) is 0 Å². The summed E-state index contributed by atoms with van der Waals surface area (Å²) in [6.07, 6.45) is 7.55. The Balaban J connectivity index is 1.19. The molecule has 0 aromatic carbocycles. The quantitative estimate of drug-likeness (QED) is 0.746. The minimum Gasteiger partial charge on any atom is -0.360 e. The molecule has 1 spiro atoms. The van der Waals surface area contributed by atoms with Gasteiger partial charge in [0.25, 0.3) is 0 Å². The van der Waals surface area contributed by atoms with Crippen LogP contribution in [0.3, 0.4) is 0 Å². The van der Waals surface area contributed by atoms with Crippen LogP contribution in [0.5, 0.6) is 0 Å². The van der Waals surface area contributed by atoms with E-state index in [1.54, 1.807) is 0 Å². The van der Waals surface area contributed by atoms with Crippen molar-refractivity contribution < 1.29 is 14.1 Å². The minimum atomic E-state index is 0.0564. The molecule has 24 heavy (non-hydrogen) atoms. The van der Waals surface area contributed by atoms with Crippen molar-refractivity contribution >= 4 is 11.7 Å². The van der Waals surface area contributed by atoms with Gasteiger partial charge in [-0.15, -0.1) is 0 Å². The molecule has 0 atom stereocenters. The number of amides is 1. The molecule has 3 fully saturated rings. The van der Waals surface area contributed by atoms with Crippen molar-refractivity contribution in [1.82, 2.24) is 10.5 Å². The second kappa shape index (κ2) is 5.99. The Kier molecular flexibility index (Phi) is 3.95. The zero-order chi connectivity index (χ0) is 16.7. The van der Waals surface area contributed by atoms with Gasteiger partial charge in [0, 0.05) is 37.4 Å². The van der Waals surface area contributed by atoms with Crippen LogP contribution in [0.1, 0.15) is 73.5 Å². The lowest BCUT2D eigenvalue weighted by atomic mass is 9.49. The van der Waals surface area contributed by atoms with Crippen molar-refractivity contribution in [3.63, 3.8) is 0 Å². The molecule has 1 heterocycles. The SMILES string of the molecule is NCCC(=O)NC1CC2(CC(CC(=O)c3cc(C4CC4)on3)C2)C1.